The van der Waals surface area contributed by atoms with E-state index < -0.39 is 17.8 Å². The first kappa shape index (κ1) is 26.1. The van der Waals surface area contributed by atoms with Gasteiger partial charge in [0, 0.05) is 74.7 Å². The average molecular weight is 537 g/mol. The number of nitrogens with two attached hydrogens (primary N) is 1. The molecular weight excluding hydrogens is 509 g/mol. The maximum atomic E-state index is 14.1. The maximum Gasteiger partial charge on any atom is 0.264 e. The SMILES string of the molecule is Cn1cc(-c2c[nH]c(/C(=N\C=N)N3CCN(c4ncc([C@](N)(c5ccc(F)cc5)C(F)F)cn4)CC3)c2)cn1. The number of nitrogens with one attached hydrogen (secondary N) is 2. The van der Waals surface area contributed by atoms with Crippen molar-refractivity contribution in [2.45, 2.75) is 12.0 Å². The van der Waals surface area contributed by atoms with Crippen molar-refractivity contribution in [2.75, 3.05) is 31.1 Å². The summed E-state index contributed by atoms with van der Waals surface area (Å²) >= 11 is 0. The van der Waals surface area contributed by atoms with Gasteiger partial charge in [0.1, 0.15) is 17.7 Å². The lowest BCUT2D eigenvalue weighted by molar-refractivity contribution is 0.0738. The van der Waals surface area contributed by atoms with Crippen LogP contribution in [0.1, 0.15) is 16.8 Å². The number of alkyl halides is 2. The lowest BCUT2D eigenvalue weighted by Gasteiger charge is -2.36. The predicted octanol–water partition coefficient (Wildman–Crippen LogP) is 2.99. The van der Waals surface area contributed by atoms with Gasteiger partial charge in [-0.3, -0.25) is 10.1 Å². The number of hydrogen-bond donors (Lipinski definition) is 3. The van der Waals surface area contributed by atoms with Gasteiger partial charge >= 0.3 is 0 Å². The maximum absolute atomic E-state index is 14.1. The van der Waals surface area contributed by atoms with Gasteiger partial charge < -0.3 is 20.5 Å². The predicted molar refractivity (Wildman–Crippen MR) is 142 cm³/mol. The average Bonchev–Trinajstić information content (AvgIpc) is 3.61. The number of aromatic nitrogens is 5. The van der Waals surface area contributed by atoms with E-state index in [1.165, 1.54) is 24.5 Å². The van der Waals surface area contributed by atoms with E-state index in [4.69, 9.17) is 11.1 Å². The number of rotatable bonds is 7. The molecule has 1 saturated heterocycles. The monoisotopic (exact) mass is 536 g/mol. The molecule has 1 aliphatic rings. The van der Waals surface area contributed by atoms with Crippen LogP contribution in [-0.4, -0.2) is 74.4 Å². The van der Waals surface area contributed by atoms with Gasteiger partial charge in [0.25, 0.3) is 6.43 Å². The van der Waals surface area contributed by atoms with Crippen LogP contribution in [0, 0.1) is 11.2 Å². The van der Waals surface area contributed by atoms with Crippen LogP contribution in [0.15, 0.2) is 66.3 Å². The van der Waals surface area contributed by atoms with E-state index in [2.05, 4.69) is 29.9 Å². The number of aliphatic imine (C=N–C) groups is 1. The summed E-state index contributed by atoms with van der Waals surface area (Å²) < 4.78 is 43.3. The molecule has 0 amide bonds. The van der Waals surface area contributed by atoms with E-state index in [-0.39, 0.29) is 11.1 Å². The third kappa shape index (κ3) is 5.12. The number of piperazine rings is 1. The highest BCUT2D eigenvalue weighted by Gasteiger charge is 2.40. The number of nitrogens with zero attached hydrogens (tertiary/aromatic N) is 7. The molecule has 39 heavy (non-hydrogen) atoms. The highest BCUT2D eigenvalue weighted by atomic mass is 19.3. The molecule has 1 atom stereocenters. The van der Waals surface area contributed by atoms with Gasteiger partial charge in [0.15, 0.2) is 5.84 Å². The fourth-order valence-electron chi connectivity index (χ4n) is 4.60. The third-order valence-electron chi connectivity index (χ3n) is 6.79. The zero-order chi connectivity index (χ0) is 27.6. The molecule has 1 aromatic carbocycles. The van der Waals surface area contributed by atoms with Crippen LogP contribution >= 0.6 is 0 Å². The van der Waals surface area contributed by atoms with Crippen molar-refractivity contribution in [3.63, 3.8) is 0 Å². The highest BCUT2D eigenvalue weighted by molar-refractivity contribution is 6.01. The molecule has 0 spiro atoms. The first-order valence-electron chi connectivity index (χ1n) is 12.2. The smallest absolute Gasteiger partial charge is 0.264 e. The molecule has 0 saturated carbocycles. The van der Waals surface area contributed by atoms with Crippen molar-refractivity contribution in [2.24, 2.45) is 17.8 Å². The first-order valence-corrected chi connectivity index (χ1v) is 12.2. The molecule has 202 valence electrons. The van der Waals surface area contributed by atoms with Crippen LogP contribution in [0.4, 0.5) is 19.1 Å². The number of aromatic amines is 1. The minimum Gasteiger partial charge on any atom is -0.358 e. The van der Waals surface area contributed by atoms with Gasteiger partial charge in [0.2, 0.25) is 5.95 Å². The summed E-state index contributed by atoms with van der Waals surface area (Å²) in [5.41, 5.74) is 6.75. The first-order chi connectivity index (χ1) is 18.8. The number of amidine groups is 1. The van der Waals surface area contributed by atoms with Crippen molar-refractivity contribution in [3.05, 3.63) is 84.0 Å². The van der Waals surface area contributed by atoms with Crippen LogP contribution in [0.25, 0.3) is 11.1 Å². The van der Waals surface area contributed by atoms with Gasteiger partial charge in [-0.1, -0.05) is 12.1 Å². The summed E-state index contributed by atoms with van der Waals surface area (Å²) in [6.07, 6.45) is 6.22. The molecule has 4 heterocycles. The van der Waals surface area contributed by atoms with Crippen LogP contribution in [-0.2, 0) is 12.6 Å². The van der Waals surface area contributed by atoms with Crippen molar-refractivity contribution in [3.8, 4) is 11.1 Å². The Bertz CT molecular complexity index is 1450. The zero-order valence-corrected chi connectivity index (χ0v) is 21.1. The van der Waals surface area contributed by atoms with Gasteiger partial charge in [-0.05, 0) is 23.8 Å². The fraction of sp³-hybridized carbons (Fsp3) is 0.269. The second-order valence-corrected chi connectivity index (χ2v) is 9.21. The lowest BCUT2D eigenvalue weighted by atomic mass is 9.85. The topological polar surface area (TPSA) is 128 Å². The van der Waals surface area contributed by atoms with E-state index in [0.717, 1.165) is 35.3 Å². The fourth-order valence-corrected chi connectivity index (χ4v) is 4.60. The molecule has 1 fully saturated rings. The summed E-state index contributed by atoms with van der Waals surface area (Å²) in [5, 5.41) is 11.8. The summed E-state index contributed by atoms with van der Waals surface area (Å²) in [6.45, 7) is 2.25. The normalized spacial score (nSPS) is 16.0. The van der Waals surface area contributed by atoms with Crippen molar-refractivity contribution in [1.82, 2.24) is 29.6 Å². The Hall–Kier alpha value is -4.52. The molecule has 0 aliphatic carbocycles. The minimum absolute atomic E-state index is 0.0306. The quantitative estimate of drug-likeness (QED) is 0.246. The lowest BCUT2D eigenvalue weighted by Crippen LogP contribution is -2.50. The number of aryl methyl sites for hydroxylation is 1. The molecule has 3 aromatic heterocycles. The Morgan fingerprint density at radius 3 is 2.36 bits per heavy atom. The van der Waals surface area contributed by atoms with E-state index in [9.17, 15) is 13.2 Å². The van der Waals surface area contributed by atoms with E-state index in [1.54, 1.807) is 10.9 Å². The highest BCUT2D eigenvalue weighted by Crippen LogP contribution is 2.33. The third-order valence-corrected chi connectivity index (χ3v) is 6.79. The Morgan fingerprint density at radius 2 is 1.77 bits per heavy atom. The second-order valence-electron chi connectivity index (χ2n) is 9.21. The van der Waals surface area contributed by atoms with Crippen LogP contribution < -0.4 is 10.6 Å². The Kier molecular flexibility index (Phi) is 7.15. The number of halogens is 3. The molecule has 1 aliphatic heterocycles. The molecule has 0 radical (unpaired) electrons. The van der Waals surface area contributed by atoms with Crippen molar-refractivity contribution in [1.29, 1.82) is 5.41 Å². The van der Waals surface area contributed by atoms with Crippen molar-refractivity contribution < 1.29 is 13.2 Å². The van der Waals surface area contributed by atoms with Crippen LogP contribution in [0.5, 0.6) is 0 Å². The summed E-state index contributed by atoms with van der Waals surface area (Å²) in [7, 11) is 1.85. The standard InChI is InChI=1S/C26H27F3N10/c1-37-15-18(12-36-37)17-10-22(32-11-17)23(35-16-30)38-6-8-39(9-7-38)25-33-13-20(14-34-25)26(31,24(28)29)19-2-4-21(27)5-3-19/h2-5,10-16,24,30,32H,6-9,31H2,1H3/b30-16?,35-23+/t26-/m1/s1. The molecule has 0 unspecified atom stereocenters. The van der Waals surface area contributed by atoms with Crippen LogP contribution in [0.2, 0.25) is 0 Å². The number of anilines is 1. The van der Waals surface area contributed by atoms with Gasteiger partial charge in [-0.15, -0.1) is 0 Å². The number of H-pyrrole nitrogens is 1. The summed E-state index contributed by atoms with van der Waals surface area (Å²) in [4.78, 5) is 20.2. The van der Waals surface area contributed by atoms with Crippen LogP contribution in [0.3, 0.4) is 0 Å². The molecule has 0 bridgehead atoms. The molecule has 4 aromatic rings. The molecule has 10 nitrogen and oxygen atoms in total. The minimum atomic E-state index is -2.96. The van der Waals surface area contributed by atoms with Gasteiger partial charge in [-0.2, -0.15) is 5.10 Å². The Balaban J connectivity index is 1.29. The summed E-state index contributed by atoms with van der Waals surface area (Å²) in [5.74, 6) is 0.485. The zero-order valence-electron chi connectivity index (χ0n) is 21.1. The number of hydrogen-bond acceptors (Lipinski definition) is 6. The molecule has 4 N–H and O–H groups in total. The number of benzene rings is 1. The Morgan fingerprint density at radius 1 is 1.08 bits per heavy atom. The van der Waals surface area contributed by atoms with E-state index >= 15 is 0 Å². The molecule has 13 heteroatoms. The van der Waals surface area contributed by atoms with Gasteiger partial charge in [-0.25, -0.2) is 28.1 Å². The summed E-state index contributed by atoms with van der Waals surface area (Å²) in [6, 6.07) is 6.64. The Labute approximate surface area is 222 Å². The van der Waals surface area contributed by atoms with E-state index in [1.807, 2.05) is 30.4 Å². The van der Waals surface area contributed by atoms with E-state index in [0.29, 0.717) is 38.0 Å². The second kappa shape index (κ2) is 10.7. The largest absolute Gasteiger partial charge is 0.358 e. The van der Waals surface area contributed by atoms with Gasteiger partial charge in [0.05, 0.1) is 11.9 Å². The molecular formula is C26H27F3N10. The molecule has 5 rings (SSSR count). The van der Waals surface area contributed by atoms with Crippen molar-refractivity contribution >= 4 is 18.1 Å².